The summed E-state index contributed by atoms with van der Waals surface area (Å²) >= 11 is 2.08. The summed E-state index contributed by atoms with van der Waals surface area (Å²) in [5, 5.41) is 1.40. The molecule has 4 nitrogen and oxygen atoms in total. The van der Waals surface area contributed by atoms with Crippen LogP contribution in [0, 0.1) is 0 Å². The van der Waals surface area contributed by atoms with Crippen molar-refractivity contribution in [1.29, 1.82) is 0 Å². The van der Waals surface area contributed by atoms with E-state index in [0.29, 0.717) is 5.92 Å². The Hall–Kier alpha value is -5.72. The summed E-state index contributed by atoms with van der Waals surface area (Å²) in [5.41, 5.74) is 19.1. The number of nitrogens with zero attached hydrogens (tertiary/aromatic N) is 3. The van der Waals surface area contributed by atoms with E-state index in [1.807, 2.05) is 0 Å². The second kappa shape index (κ2) is 13.2. The van der Waals surface area contributed by atoms with Crippen LogP contribution in [0.2, 0.25) is 0 Å². The third kappa shape index (κ3) is 5.22. The lowest BCUT2D eigenvalue weighted by Crippen LogP contribution is -2.62. The van der Waals surface area contributed by atoms with Gasteiger partial charge in [0, 0.05) is 55.5 Å². The van der Waals surface area contributed by atoms with Crippen LogP contribution in [0.3, 0.4) is 0 Å². The van der Waals surface area contributed by atoms with E-state index in [9.17, 15) is 0 Å². The Morgan fingerprint density at radius 3 is 1.81 bits per heavy atom. The number of hydrogen-bond donors (Lipinski definition) is 0. The van der Waals surface area contributed by atoms with Crippen molar-refractivity contribution in [3.63, 3.8) is 0 Å². The third-order valence-electron chi connectivity index (χ3n) is 16.0. The monoisotopic (exact) mass is 839 g/mol. The summed E-state index contributed by atoms with van der Waals surface area (Å²) in [4.78, 5) is 9.33. The number of thiophene rings is 1. The Labute approximate surface area is 377 Å². The number of para-hydroxylation sites is 4. The SMILES string of the molecule is CC1(C)CCC(C)(C)c2c1sc1c2B2c3ccc4cc3N(c3cccc5c3Oc3c(cccc3C5(C)C)N4c3ccccc3)c3cc(C4CCCCC4)cc(c32)N1c1ccccc1. The van der Waals surface area contributed by atoms with E-state index in [2.05, 4.69) is 195 Å². The van der Waals surface area contributed by atoms with E-state index < -0.39 is 0 Å². The molecule has 7 aromatic rings. The van der Waals surface area contributed by atoms with Gasteiger partial charge in [0.2, 0.25) is 0 Å². The number of ether oxygens (including phenoxy) is 1. The second-order valence-corrected chi connectivity index (χ2v) is 22.0. The van der Waals surface area contributed by atoms with Crippen molar-refractivity contribution in [3.8, 4) is 11.5 Å². The minimum absolute atomic E-state index is 0.0263. The van der Waals surface area contributed by atoms with Gasteiger partial charge in [-0.15, -0.1) is 11.3 Å². The standard InChI is InChI=1S/C57H54BN3OS/c1-55(2)30-31-56(3,4)53-48(55)50-54(63-53)60(38-22-14-9-15-23-38)46-32-36(35-18-10-7-11-19-35)33-47-49(46)58(50)42-29-28-39-34-45(42)61(47)44-27-17-25-41-52(44)62-51-40(57(41,5)6)24-16-26-43(51)59(39)37-20-12-8-13-21-37/h8-9,12-17,20-29,32-35H,7,10-11,18-19,30-31H2,1-6H3. The first-order chi connectivity index (χ1) is 30.5. The molecular weight excluding hydrogens is 786 g/mol. The summed E-state index contributed by atoms with van der Waals surface area (Å²) in [6, 6.07) is 48.5. The maximum atomic E-state index is 7.51. The van der Waals surface area contributed by atoms with Crippen LogP contribution < -0.4 is 35.8 Å². The Kier molecular flexibility index (Phi) is 7.90. The zero-order chi connectivity index (χ0) is 42.6. The van der Waals surface area contributed by atoms with Crippen molar-refractivity contribution < 1.29 is 4.74 Å². The van der Waals surface area contributed by atoms with Gasteiger partial charge >= 0.3 is 0 Å². The van der Waals surface area contributed by atoms with Crippen molar-refractivity contribution >= 4 is 84.9 Å². The smallest absolute Gasteiger partial charge is 0.253 e. The van der Waals surface area contributed by atoms with Gasteiger partial charge in [0.15, 0.2) is 11.5 Å². The first-order valence-corrected chi connectivity index (χ1v) is 24.3. The van der Waals surface area contributed by atoms with Crippen LogP contribution in [-0.4, -0.2) is 6.71 Å². The van der Waals surface area contributed by atoms with Crippen LogP contribution in [0.1, 0.15) is 120 Å². The molecule has 5 heterocycles. The first-order valence-electron chi connectivity index (χ1n) is 23.5. The van der Waals surface area contributed by atoms with E-state index in [-0.39, 0.29) is 23.0 Å². The van der Waals surface area contributed by atoms with Gasteiger partial charge in [0.05, 0.1) is 16.4 Å². The molecule has 0 radical (unpaired) electrons. The third-order valence-corrected chi connectivity index (χ3v) is 17.5. The average molecular weight is 840 g/mol. The summed E-state index contributed by atoms with van der Waals surface area (Å²) in [6.07, 6.45) is 8.73. The van der Waals surface area contributed by atoms with Gasteiger partial charge in [0.1, 0.15) is 0 Å². The highest BCUT2D eigenvalue weighted by atomic mass is 32.1. The first kappa shape index (κ1) is 37.8. The fourth-order valence-corrected chi connectivity index (χ4v) is 14.3. The molecule has 0 spiro atoms. The number of hydrogen-bond acceptors (Lipinski definition) is 5. The van der Waals surface area contributed by atoms with Crippen LogP contribution in [0.4, 0.5) is 50.5 Å². The molecule has 4 bridgehead atoms. The summed E-state index contributed by atoms with van der Waals surface area (Å²) in [7, 11) is 0. The average Bonchev–Trinajstić information content (AvgIpc) is 3.72. The van der Waals surface area contributed by atoms with Crippen molar-refractivity contribution in [3.05, 3.63) is 155 Å². The number of benzene rings is 6. The molecule has 0 saturated heterocycles. The van der Waals surface area contributed by atoms with Crippen molar-refractivity contribution in [2.24, 2.45) is 0 Å². The Balaban J connectivity index is 1.19. The normalized spacial score (nSPS) is 19.1. The molecule has 0 amide bonds. The molecular formula is C57H54BN3OS. The zero-order valence-corrected chi connectivity index (χ0v) is 38.2. The molecule has 0 atom stereocenters. The highest BCUT2D eigenvalue weighted by Gasteiger charge is 2.52. The molecule has 6 aliphatic rings. The molecule has 1 saturated carbocycles. The van der Waals surface area contributed by atoms with Gasteiger partial charge in [-0.3, -0.25) is 0 Å². The molecule has 13 rings (SSSR count). The lowest BCUT2D eigenvalue weighted by molar-refractivity contribution is 0.340. The maximum absolute atomic E-state index is 7.51. The van der Waals surface area contributed by atoms with Crippen LogP contribution in [0.5, 0.6) is 11.5 Å². The number of fused-ring (bicyclic) bond motifs is 8. The predicted octanol–water partition coefficient (Wildman–Crippen LogP) is 14.4. The van der Waals surface area contributed by atoms with Crippen LogP contribution in [-0.2, 0) is 16.2 Å². The molecule has 63 heavy (non-hydrogen) atoms. The molecule has 0 N–H and O–H groups in total. The van der Waals surface area contributed by atoms with Gasteiger partial charge in [-0.25, -0.2) is 0 Å². The second-order valence-electron chi connectivity index (χ2n) is 21.0. The predicted molar refractivity (Wildman–Crippen MR) is 266 cm³/mol. The van der Waals surface area contributed by atoms with E-state index in [4.69, 9.17) is 4.74 Å². The molecule has 0 unspecified atom stereocenters. The van der Waals surface area contributed by atoms with E-state index >= 15 is 0 Å². The zero-order valence-electron chi connectivity index (χ0n) is 37.4. The fourth-order valence-electron chi connectivity index (χ4n) is 12.6. The molecule has 6 aromatic carbocycles. The largest absolute Gasteiger partial charge is 0.452 e. The van der Waals surface area contributed by atoms with Crippen LogP contribution in [0.25, 0.3) is 0 Å². The summed E-state index contributed by atoms with van der Waals surface area (Å²) in [6.45, 7) is 14.9. The van der Waals surface area contributed by atoms with Gasteiger partial charge in [-0.1, -0.05) is 128 Å². The fraction of sp³-hybridized carbons (Fsp3) is 0.298. The molecule has 6 heteroatoms. The molecule has 312 valence electrons. The summed E-state index contributed by atoms with van der Waals surface area (Å²) < 4.78 is 7.51. The Morgan fingerprint density at radius 1 is 0.540 bits per heavy atom. The minimum Gasteiger partial charge on any atom is -0.452 e. The van der Waals surface area contributed by atoms with Gasteiger partial charge < -0.3 is 19.4 Å². The highest BCUT2D eigenvalue weighted by molar-refractivity contribution is 7.20. The maximum Gasteiger partial charge on any atom is 0.253 e. The molecule has 2 aliphatic carbocycles. The molecule has 4 aliphatic heterocycles. The lowest BCUT2D eigenvalue weighted by Gasteiger charge is -2.47. The van der Waals surface area contributed by atoms with Crippen molar-refractivity contribution in [2.45, 2.75) is 109 Å². The quantitative estimate of drug-likeness (QED) is 0.165. The van der Waals surface area contributed by atoms with Crippen LogP contribution >= 0.6 is 11.3 Å². The minimum atomic E-state index is -0.304. The summed E-state index contributed by atoms with van der Waals surface area (Å²) in [5.74, 6) is 2.40. The number of rotatable bonds is 3. The van der Waals surface area contributed by atoms with E-state index in [0.717, 1.165) is 34.2 Å². The topological polar surface area (TPSA) is 19.0 Å². The Bertz CT molecular complexity index is 3030. The number of anilines is 9. The van der Waals surface area contributed by atoms with Crippen molar-refractivity contribution in [2.75, 3.05) is 14.7 Å². The van der Waals surface area contributed by atoms with Crippen molar-refractivity contribution in [1.82, 2.24) is 0 Å². The van der Waals surface area contributed by atoms with E-state index in [1.54, 1.807) is 10.4 Å². The Morgan fingerprint density at radius 2 is 1.14 bits per heavy atom. The van der Waals surface area contributed by atoms with Crippen LogP contribution in [0.15, 0.2) is 127 Å². The van der Waals surface area contributed by atoms with Gasteiger partial charge in [-0.05, 0) is 131 Å². The molecule has 1 fully saturated rings. The van der Waals surface area contributed by atoms with E-state index in [1.165, 1.54) is 106 Å². The lowest BCUT2D eigenvalue weighted by atomic mass is 9.32. The highest BCUT2D eigenvalue weighted by Crippen LogP contribution is 2.60. The van der Waals surface area contributed by atoms with Gasteiger partial charge in [0.25, 0.3) is 6.71 Å². The van der Waals surface area contributed by atoms with Gasteiger partial charge in [-0.2, -0.15) is 0 Å². The molecule has 1 aromatic heterocycles.